The van der Waals surface area contributed by atoms with Crippen LogP contribution in [-0.2, 0) is 0 Å². The van der Waals surface area contributed by atoms with Crippen molar-refractivity contribution in [2.24, 2.45) is 5.16 Å². The molecule has 0 aliphatic heterocycles. The molecule has 1 aromatic heterocycles. The van der Waals surface area contributed by atoms with Gasteiger partial charge in [0, 0.05) is 11.3 Å². The molecular formula is C17H15N3O2. The Balaban J connectivity index is 2.17. The Morgan fingerprint density at radius 3 is 2.23 bits per heavy atom. The van der Waals surface area contributed by atoms with Crippen LogP contribution in [0.4, 0.5) is 0 Å². The lowest BCUT2D eigenvalue weighted by Crippen LogP contribution is -2.21. The summed E-state index contributed by atoms with van der Waals surface area (Å²) in [4.78, 5) is 12.7. The Hall–Kier alpha value is -3.08. The number of oxime groups is 1. The first-order chi connectivity index (χ1) is 10.7. The van der Waals surface area contributed by atoms with E-state index in [2.05, 4.69) is 10.3 Å². The number of aromatic amines is 1. The van der Waals surface area contributed by atoms with Crippen molar-refractivity contribution in [3.63, 3.8) is 0 Å². The average Bonchev–Trinajstić information content (AvgIpc) is 2.86. The Bertz CT molecular complexity index is 862. The summed E-state index contributed by atoms with van der Waals surface area (Å²) in [5.74, 6) is 0. The molecular weight excluding hydrogens is 278 g/mol. The molecule has 22 heavy (non-hydrogen) atoms. The third-order valence-electron chi connectivity index (χ3n) is 3.47. The van der Waals surface area contributed by atoms with Gasteiger partial charge in [0.05, 0.1) is 11.3 Å². The number of rotatable bonds is 3. The van der Waals surface area contributed by atoms with Gasteiger partial charge in [0.1, 0.15) is 5.71 Å². The molecule has 0 saturated carbocycles. The molecule has 0 aliphatic rings. The smallest absolute Gasteiger partial charge is 0.281 e. The first kappa shape index (κ1) is 13.9. The molecule has 3 aromatic rings. The Morgan fingerprint density at radius 1 is 1.05 bits per heavy atom. The lowest BCUT2D eigenvalue weighted by Gasteiger charge is -2.02. The first-order valence-corrected chi connectivity index (χ1v) is 6.87. The molecule has 3 rings (SSSR count). The fraction of sp³-hybridized carbons (Fsp3) is 0.0588. The van der Waals surface area contributed by atoms with Crippen molar-refractivity contribution in [3.8, 4) is 5.69 Å². The van der Waals surface area contributed by atoms with Gasteiger partial charge in [0.2, 0.25) is 0 Å². The second-order valence-corrected chi connectivity index (χ2v) is 4.90. The number of aryl methyl sites for hydroxylation is 1. The molecule has 1 heterocycles. The molecule has 2 N–H and O–H groups in total. The number of para-hydroxylation sites is 1. The molecule has 0 saturated heterocycles. The van der Waals surface area contributed by atoms with Crippen molar-refractivity contribution in [2.75, 3.05) is 0 Å². The second kappa shape index (κ2) is 5.73. The van der Waals surface area contributed by atoms with Crippen molar-refractivity contribution >= 4 is 5.71 Å². The minimum absolute atomic E-state index is 0.250. The lowest BCUT2D eigenvalue weighted by atomic mass is 10.0. The van der Waals surface area contributed by atoms with E-state index in [0.29, 0.717) is 16.8 Å². The Morgan fingerprint density at radius 2 is 1.64 bits per heavy atom. The fourth-order valence-electron chi connectivity index (χ4n) is 2.43. The highest BCUT2D eigenvalue weighted by Gasteiger charge is 2.19. The lowest BCUT2D eigenvalue weighted by molar-refractivity contribution is 0.319. The highest BCUT2D eigenvalue weighted by atomic mass is 16.4. The zero-order valence-corrected chi connectivity index (χ0v) is 12.0. The van der Waals surface area contributed by atoms with Gasteiger partial charge in [-0.25, -0.2) is 4.68 Å². The van der Waals surface area contributed by atoms with Gasteiger partial charge in [0.25, 0.3) is 5.56 Å². The summed E-state index contributed by atoms with van der Waals surface area (Å²) in [7, 11) is 0. The van der Waals surface area contributed by atoms with E-state index >= 15 is 0 Å². The van der Waals surface area contributed by atoms with Crippen LogP contribution in [0.3, 0.4) is 0 Å². The number of hydrogen-bond acceptors (Lipinski definition) is 3. The molecule has 5 heteroatoms. The third-order valence-corrected chi connectivity index (χ3v) is 3.47. The van der Waals surface area contributed by atoms with Gasteiger partial charge in [-0.1, -0.05) is 53.7 Å². The summed E-state index contributed by atoms with van der Waals surface area (Å²) in [6, 6.07) is 18.4. The van der Waals surface area contributed by atoms with Gasteiger partial charge in [0.15, 0.2) is 0 Å². The second-order valence-electron chi connectivity index (χ2n) is 4.90. The highest BCUT2D eigenvalue weighted by Crippen LogP contribution is 2.12. The van der Waals surface area contributed by atoms with Crippen molar-refractivity contribution in [1.82, 2.24) is 9.78 Å². The summed E-state index contributed by atoms with van der Waals surface area (Å²) in [5.41, 5.74) is 2.43. The van der Waals surface area contributed by atoms with Crippen LogP contribution in [0.1, 0.15) is 16.8 Å². The molecule has 2 aromatic carbocycles. The molecule has 0 amide bonds. The van der Waals surface area contributed by atoms with E-state index < -0.39 is 0 Å². The molecule has 0 fully saturated rings. The van der Waals surface area contributed by atoms with Gasteiger partial charge >= 0.3 is 0 Å². The molecule has 0 spiro atoms. The predicted octanol–water partition coefficient (Wildman–Crippen LogP) is 2.70. The van der Waals surface area contributed by atoms with E-state index in [4.69, 9.17) is 0 Å². The maximum atomic E-state index is 12.7. The number of nitrogens with one attached hydrogen (secondary N) is 1. The van der Waals surface area contributed by atoms with Crippen molar-refractivity contribution in [1.29, 1.82) is 0 Å². The van der Waals surface area contributed by atoms with E-state index in [1.807, 2.05) is 48.5 Å². The summed E-state index contributed by atoms with van der Waals surface area (Å²) >= 11 is 0. The van der Waals surface area contributed by atoms with E-state index in [1.165, 1.54) is 4.68 Å². The van der Waals surface area contributed by atoms with E-state index in [9.17, 15) is 10.0 Å². The fourth-order valence-corrected chi connectivity index (χ4v) is 2.43. The van der Waals surface area contributed by atoms with Gasteiger partial charge in [-0.05, 0) is 19.1 Å². The number of benzene rings is 2. The van der Waals surface area contributed by atoms with E-state index in [-0.39, 0.29) is 11.3 Å². The highest BCUT2D eigenvalue weighted by molar-refractivity contribution is 6.13. The molecule has 0 aliphatic carbocycles. The zero-order chi connectivity index (χ0) is 15.5. The summed E-state index contributed by atoms with van der Waals surface area (Å²) < 4.78 is 1.44. The molecule has 0 unspecified atom stereocenters. The number of hydrogen-bond donors (Lipinski definition) is 2. The number of aromatic nitrogens is 2. The summed E-state index contributed by atoms with van der Waals surface area (Å²) in [5, 5.41) is 15.8. The van der Waals surface area contributed by atoms with Crippen molar-refractivity contribution in [3.05, 3.63) is 87.8 Å². The van der Waals surface area contributed by atoms with Crippen LogP contribution >= 0.6 is 0 Å². The van der Waals surface area contributed by atoms with Crippen LogP contribution < -0.4 is 5.56 Å². The molecule has 0 radical (unpaired) electrons. The van der Waals surface area contributed by atoms with E-state index in [1.54, 1.807) is 19.1 Å². The molecule has 0 atom stereocenters. The van der Waals surface area contributed by atoms with Gasteiger partial charge < -0.3 is 5.21 Å². The maximum absolute atomic E-state index is 12.7. The largest absolute Gasteiger partial charge is 0.410 e. The minimum Gasteiger partial charge on any atom is -0.410 e. The normalized spacial score (nSPS) is 11.6. The Labute approximate surface area is 127 Å². The quantitative estimate of drug-likeness (QED) is 0.443. The van der Waals surface area contributed by atoms with Crippen LogP contribution in [0.5, 0.6) is 0 Å². The summed E-state index contributed by atoms with van der Waals surface area (Å²) in [6.07, 6.45) is 0. The SMILES string of the molecule is Cc1[nH]n(-c2ccccc2)c(=O)c1/C(=N\O)c1ccccc1. The molecule has 110 valence electrons. The number of H-pyrrole nitrogens is 1. The summed E-state index contributed by atoms with van der Waals surface area (Å²) in [6.45, 7) is 1.78. The predicted molar refractivity (Wildman–Crippen MR) is 85.0 cm³/mol. The van der Waals surface area contributed by atoms with Gasteiger partial charge in [-0.3, -0.25) is 9.89 Å². The van der Waals surface area contributed by atoms with Crippen LogP contribution in [0.15, 0.2) is 70.6 Å². The number of nitrogens with zero attached hydrogens (tertiary/aromatic N) is 2. The Kier molecular flexibility index (Phi) is 3.62. The monoisotopic (exact) mass is 293 g/mol. The van der Waals surface area contributed by atoms with Crippen molar-refractivity contribution < 1.29 is 5.21 Å². The molecule has 5 nitrogen and oxygen atoms in total. The zero-order valence-electron chi connectivity index (χ0n) is 12.0. The van der Waals surface area contributed by atoms with Gasteiger partial charge in [-0.2, -0.15) is 0 Å². The minimum atomic E-state index is -0.250. The maximum Gasteiger partial charge on any atom is 0.281 e. The van der Waals surface area contributed by atoms with Crippen molar-refractivity contribution in [2.45, 2.75) is 6.92 Å². The van der Waals surface area contributed by atoms with Crippen LogP contribution in [0.2, 0.25) is 0 Å². The van der Waals surface area contributed by atoms with Crippen LogP contribution in [0, 0.1) is 6.92 Å². The first-order valence-electron chi connectivity index (χ1n) is 6.87. The molecule has 0 bridgehead atoms. The third kappa shape index (κ3) is 2.33. The van der Waals surface area contributed by atoms with Crippen LogP contribution in [-0.4, -0.2) is 20.7 Å². The standard InChI is InChI=1S/C17H15N3O2/c1-12-15(16(19-22)13-8-4-2-5-9-13)17(21)20(18-12)14-10-6-3-7-11-14/h2-11,18,22H,1H3/b19-16-. The van der Waals surface area contributed by atoms with Crippen LogP contribution in [0.25, 0.3) is 5.69 Å². The topological polar surface area (TPSA) is 70.4 Å². The average molecular weight is 293 g/mol. The van der Waals surface area contributed by atoms with Gasteiger partial charge in [-0.15, -0.1) is 0 Å². The van der Waals surface area contributed by atoms with E-state index in [0.717, 1.165) is 5.69 Å².